The Morgan fingerprint density at radius 1 is 1.33 bits per heavy atom. The molecule has 0 aromatic rings. The molecule has 0 spiro atoms. The lowest BCUT2D eigenvalue weighted by Crippen LogP contribution is -2.37. The van der Waals surface area contributed by atoms with Gasteiger partial charge >= 0.3 is 5.97 Å². The van der Waals surface area contributed by atoms with Gasteiger partial charge in [-0.05, 0) is 38.1 Å². The van der Waals surface area contributed by atoms with Gasteiger partial charge in [-0.15, -0.1) is 0 Å². The Morgan fingerprint density at radius 3 is 2.94 bits per heavy atom. The van der Waals surface area contributed by atoms with Crippen LogP contribution in [0.1, 0.15) is 38.5 Å². The Balaban J connectivity index is 1.79. The van der Waals surface area contributed by atoms with Crippen LogP contribution in [0.2, 0.25) is 0 Å². The van der Waals surface area contributed by atoms with E-state index in [2.05, 4.69) is 10.6 Å². The minimum absolute atomic E-state index is 0.103. The van der Waals surface area contributed by atoms with E-state index in [1.165, 1.54) is 0 Å². The van der Waals surface area contributed by atoms with Crippen molar-refractivity contribution in [1.82, 2.24) is 10.6 Å². The SMILES string of the molecule is O=C1CC(NCC2CCCC2C(=O)O)CCCN1. The van der Waals surface area contributed by atoms with Crippen LogP contribution in [0.3, 0.4) is 0 Å². The Bertz CT molecular complexity index is 319. The zero-order chi connectivity index (χ0) is 13.0. The maximum Gasteiger partial charge on any atom is 0.306 e. The molecule has 1 aliphatic carbocycles. The molecule has 18 heavy (non-hydrogen) atoms. The molecule has 3 atom stereocenters. The van der Waals surface area contributed by atoms with Gasteiger partial charge in [0.15, 0.2) is 0 Å². The lowest BCUT2D eigenvalue weighted by molar-refractivity contribution is -0.143. The highest BCUT2D eigenvalue weighted by Crippen LogP contribution is 2.31. The number of rotatable bonds is 4. The average Bonchev–Trinajstić information content (AvgIpc) is 2.70. The van der Waals surface area contributed by atoms with Crippen LogP contribution in [-0.2, 0) is 9.59 Å². The van der Waals surface area contributed by atoms with Crippen molar-refractivity contribution in [3.63, 3.8) is 0 Å². The van der Waals surface area contributed by atoms with Crippen LogP contribution in [0.5, 0.6) is 0 Å². The summed E-state index contributed by atoms with van der Waals surface area (Å²) in [5, 5.41) is 15.4. The fourth-order valence-corrected chi connectivity index (χ4v) is 3.07. The summed E-state index contributed by atoms with van der Waals surface area (Å²) < 4.78 is 0. The molecule has 2 fully saturated rings. The summed E-state index contributed by atoms with van der Waals surface area (Å²) in [6.07, 6.45) is 5.30. The molecule has 1 aliphatic heterocycles. The zero-order valence-electron chi connectivity index (χ0n) is 10.7. The molecular weight excluding hydrogens is 232 g/mol. The molecule has 1 heterocycles. The van der Waals surface area contributed by atoms with Gasteiger partial charge in [-0.2, -0.15) is 0 Å². The van der Waals surface area contributed by atoms with E-state index in [4.69, 9.17) is 5.11 Å². The second-order valence-corrected chi connectivity index (χ2v) is 5.44. The van der Waals surface area contributed by atoms with Crippen molar-refractivity contribution in [2.75, 3.05) is 13.1 Å². The number of carboxylic acids is 1. The summed E-state index contributed by atoms with van der Waals surface area (Å²) >= 11 is 0. The number of nitrogens with one attached hydrogen (secondary N) is 2. The van der Waals surface area contributed by atoms with Crippen molar-refractivity contribution in [1.29, 1.82) is 0 Å². The summed E-state index contributed by atoms with van der Waals surface area (Å²) in [5.74, 6) is -0.532. The molecular formula is C13H22N2O3. The largest absolute Gasteiger partial charge is 0.481 e. The Morgan fingerprint density at radius 2 is 2.17 bits per heavy atom. The molecule has 1 amide bonds. The van der Waals surface area contributed by atoms with Crippen molar-refractivity contribution < 1.29 is 14.7 Å². The van der Waals surface area contributed by atoms with Gasteiger partial charge in [0.1, 0.15) is 0 Å². The third-order valence-electron chi connectivity index (χ3n) is 4.13. The van der Waals surface area contributed by atoms with E-state index in [9.17, 15) is 9.59 Å². The standard InChI is InChI=1S/C13H22N2O3/c16-12-7-10(4-2-6-14-12)15-8-9-3-1-5-11(9)13(17)18/h9-11,15H,1-8H2,(H,14,16)(H,17,18). The van der Waals surface area contributed by atoms with Crippen LogP contribution in [0.4, 0.5) is 0 Å². The number of aliphatic carboxylic acids is 1. The van der Waals surface area contributed by atoms with Gasteiger partial charge in [0, 0.05) is 19.0 Å². The van der Waals surface area contributed by atoms with Gasteiger partial charge < -0.3 is 15.7 Å². The summed E-state index contributed by atoms with van der Waals surface area (Å²) in [6.45, 7) is 1.49. The van der Waals surface area contributed by atoms with Crippen LogP contribution >= 0.6 is 0 Å². The third-order valence-corrected chi connectivity index (χ3v) is 4.13. The van der Waals surface area contributed by atoms with Crippen LogP contribution in [-0.4, -0.2) is 36.1 Å². The van der Waals surface area contributed by atoms with Crippen molar-refractivity contribution in [3.8, 4) is 0 Å². The molecule has 2 aliphatic rings. The Labute approximate surface area is 107 Å². The predicted octanol–water partition coefficient (Wildman–Crippen LogP) is 0.746. The van der Waals surface area contributed by atoms with Gasteiger partial charge in [0.25, 0.3) is 0 Å². The van der Waals surface area contributed by atoms with E-state index < -0.39 is 5.97 Å². The van der Waals surface area contributed by atoms with Gasteiger partial charge in [0.05, 0.1) is 5.92 Å². The summed E-state index contributed by atoms with van der Waals surface area (Å²) in [6, 6.07) is 0.211. The van der Waals surface area contributed by atoms with Crippen molar-refractivity contribution in [3.05, 3.63) is 0 Å². The summed E-state index contributed by atoms with van der Waals surface area (Å²) in [4.78, 5) is 22.5. The number of carbonyl (C=O) groups excluding carboxylic acids is 1. The molecule has 0 radical (unpaired) electrons. The van der Waals surface area contributed by atoms with Gasteiger partial charge in [-0.25, -0.2) is 0 Å². The van der Waals surface area contributed by atoms with E-state index >= 15 is 0 Å². The number of hydrogen-bond acceptors (Lipinski definition) is 3. The van der Waals surface area contributed by atoms with E-state index in [0.717, 1.165) is 45.2 Å². The molecule has 5 heteroatoms. The molecule has 0 aromatic carbocycles. The molecule has 1 saturated carbocycles. The summed E-state index contributed by atoms with van der Waals surface area (Å²) in [7, 11) is 0. The number of carbonyl (C=O) groups is 2. The highest BCUT2D eigenvalue weighted by atomic mass is 16.4. The molecule has 2 rings (SSSR count). The van der Waals surface area contributed by atoms with Crippen molar-refractivity contribution in [2.24, 2.45) is 11.8 Å². The summed E-state index contributed by atoms with van der Waals surface area (Å²) in [5.41, 5.74) is 0. The molecule has 0 aromatic heterocycles. The smallest absolute Gasteiger partial charge is 0.306 e. The maximum absolute atomic E-state index is 11.4. The first-order valence-electron chi connectivity index (χ1n) is 6.89. The molecule has 3 unspecified atom stereocenters. The molecule has 5 nitrogen and oxygen atoms in total. The quantitative estimate of drug-likeness (QED) is 0.691. The van der Waals surface area contributed by atoms with Crippen molar-refractivity contribution >= 4 is 11.9 Å². The first-order chi connectivity index (χ1) is 8.66. The topological polar surface area (TPSA) is 78.4 Å². The minimum Gasteiger partial charge on any atom is -0.481 e. The first kappa shape index (κ1) is 13.3. The van der Waals surface area contributed by atoms with E-state index in [1.54, 1.807) is 0 Å². The number of hydrogen-bond donors (Lipinski definition) is 3. The van der Waals surface area contributed by atoms with Crippen molar-refractivity contribution in [2.45, 2.75) is 44.6 Å². The lowest BCUT2D eigenvalue weighted by atomic mass is 9.95. The minimum atomic E-state index is -0.669. The van der Waals surface area contributed by atoms with E-state index in [-0.39, 0.29) is 23.8 Å². The fourth-order valence-electron chi connectivity index (χ4n) is 3.07. The maximum atomic E-state index is 11.4. The van der Waals surface area contributed by atoms with Crippen LogP contribution in [0.15, 0.2) is 0 Å². The second-order valence-electron chi connectivity index (χ2n) is 5.44. The van der Waals surface area contributed by atoms with Crippen LogP contribution in [0, 0.1) is 11.8 Å². The van der Waals surface area contributed by atoms with Gasteiger partial charge in [0.2, 0.25) is 5.91 Å². The third kappa shape index (κ3) is 3.45. The number of amides is 1. The normalized spacial score (nSPS) is 32.9. The van der Waals surface area contributed by atoms with E-state index in [1.807, 2.05) is 0 Å². The van der Waals surface area contributed by atoms with Crippen LogP contribution in [0.25, 0.3) is 0 Å². The first-order valence-corrected chi connectivity index (χ1v) is 6.89. The Hall–Kier alpha value is -1.10. The van der Waals surface area contributed by atoms with E-state index in [0.29, 0.717) is 6.42 Å². The molecule has 102 valence electrons. The second kappa shape index (κ2) is 6.18. The fraction of sp³-hybridized carbons (Fsp3) is 0.846. The predicted molar refractivity (Wildman–Crippen MR) is 67.1 cm³/mol. The van der Waals surface area contributed by atoms with Gasteiger partial charge in [-0.1, -0.05) is 6.42 Å². The molecule has 0 bridgehead atoms. The lowest BCUT2D eigenvalue weighted by Gasteiger charge is -2.21. The van der Waals surface area contributed by atoms with Crippen LogP contribution < -0.4 is 10.6 Å². The Kier molecular flexibility index (Phi) is 4.58. The van der Waals surface area contributed by atoms with Gasteiger partial charge in [-0.3, -0.25) is 9.59 Å². The average molecular weight is 254 g/mol. The zero-order valence-corrected chi connectivity index (χ0v) is 10.7. The molecule has 1 saturated heterocycles. The number of carboxylic acid groups (broad SMARTS) is 1. The molecule has 3 N–H and O–H groups in total. The highest BCUT2D eigenvalue weighted by Gasteiger charge is 2.33. The highest BCUT2D eigenvalue weighted by molar-refractivity contribution is 5.76. The monoisotopic (exact) mass is 254 g/mol.